The van der Waals surface area contributed by atoms with Crippen molar-refractivity contribution in [3.05, 3.63) is 53.9 Å². The Bertz CT molecular complexity index is 750. The van der Waals surface area contributed by atoms with Gasteiger partial charge in [-0.15, -0.1) is 0 Å². The Morgan fingerprint density at radius 2 is 1.92 bits per heavy atom. The maximum absolute atomic E-state index is 12.0. The summed E-state index contributed by atoms with van der Waals surface area (Å²) in [6, 6.07) is 8.91. The van der Waals surface area contributed by atoms with Crippen LogP contribution in [0.3, 0.4) is 0 Å². The summed E-state index contributed by atoms with van der Waals surface area (Å²) >= 11 is 0. The van der Waals surface area contributed by atoms with E-state index in [4.69, 9.17) is 9.47 Å². The molecular weight excluding hydrogens is 334 g/mol. The molecule has 0 saturated heterocycles. The molecule has 2 amide bonds. The lowest BCUT2D eigenvalue weighted by Crippen LogP contribution is -2.37. The van der Waals surface area contributed by atoms with Gasteiger partial charge in [0.05, 0.1) is 19.8 Å². The van der Waals surface area contributed by atoms with Crippen LogP contribution in [0.2, 0.25) is 0 Å². The predicted octanol–water partition coefficient (Wildman–Crippen LogP) is 1.88. The molecule has 0 radical (unpaired) electrons. The van der Waals surface area contributed by atoms with Crippen LogP contribution in [0.5, 0.6) is 11.5 Å². The van der Waals surface area contributed by atoms with Crippen LogP contribution < -0.4 is 14.8 Å². The Hall–Kier alpha value is -3.09. The van der Waals surface area contributed by atoms with E-state index < -0.39 is 0 Å². The van der Waals surface area contributed by atoms with Crippen molar-refractivity contribution in [2.45, 2.75) is 13.5 Å². The Kier molecular flexibility index (Phi) is 6.96. The molecule has 0 aliphatic rings. The minimum Gasteiger partial charge on any atom is -0.493 e. The number of nitrogens with zero attached hydrogens (tertiary/aromatic N) is 2. The third-order valence-electron chi connectivity index (χ3n) is 3.86. The molecule has 1 aromatic carbocycles. The van der Waals surface area contributed by atoms with E-state index in [-0.39, 0.29) is 11.8 Å². The predicted molar refractivity (Wildman–Crippen MR) is 97.2 cm³/mol. The fourth-order valence-electron chi connectivity index (χ4n) is 2.45. The van der Waals surface area contributed by atoms with Gasteiger partial charge < -0.3 is 19.7 Å². The van der Waals surface area contributed by atoms with Crippen LogP contribution in [0.25, 0.3) is 0 Å². The van der Waals surface area contributed by atoms with Crippen molar-refractivity contribution in [1.29, 1.82) is 0 Å². The number of nitrogens with one attached hydrogen (secondary N) is 1. The van der Waals surface area contributed by atoms with Gasteiger partial charge >= 0.3 is 0 Å². The van der Waals surface area contributed by atoms with Crippen LogP contribution in [-0.4, -0.2) is 49.0 Å². The summed E-state index contributed by atoms with van der Waals surface area (Å²) in [7, 11) is 3.14. The number of hydrogen-bond acceptors (Lipinski definition) is 5. The molecule has 0 saturated carbocycles. The van der Waals surface area contributed by atoms with Crippen LogP contribution in [0.4, 0.5) is 0 Å². The van der Waals surface area contributed by atoms with Crippen molar-refractivity contribution in [2.24, 2.45) is 0 Å². The standard InChI is InChI=1S/C19H23N3O4/c1-14(23)22(10-9-21-19(24)16-5-4-8-20-12-16)13-15-6-7-17(25-2)18(11-15)26-3/h4-8,11-12H,9-10,13H2,1-3H3,(H,21,24). The van der Waals surface area contributed by atoms with E-state index in [2.05, 4.69) is 10.3 Å². The van der Waals surface area contributed by atoms with Gasteiger partial charge in [0.15, 0.2) is 11.5 Å². The molecule has 0 bridgehead atoms. The monoisotopic (exact) mass is 357 g/mol. The topological polar surface area (TPSA) is 80.8 Å². The van der Waals surface area contributed by atoms with E-state index >= 15 is 0 Å². The van der Waals surface area contributed by atoms with E-state index in [1.54, 1.807) is 43.5 Å². The Morgan fingerprint density at radius 3 is 2.54 bits per heavy atom. The third kappa shape index (κ3) is 5.20. The van der Waals surface area contributed by atoms with E-state index in [0.717, 1.165) is 5.56 Å². The molecule has 138 valence electrons. The lowest BCUT2D eigenvalue weighted by molar-refractivity contribution is -0.129. The second-order valence-electron chi connectivity index (χ2n) is 5.63. The largest absolute Gasteiger partial charge is 0.493 e. The van der Waals surface area contributed by atoms with E-state index in [1.165, 1.54) is 13.1 Å². The van der Waals surface area contributed by atoms with Crippen LogP contribution >= 0.6 is 0 Å². The van der Waals surface area contributed by atoms with Crippen LogP contribution in [0.15, 0.2) is 42.7 Å². The van der Waals surface area contributed by atoms with Crippen LogP contribution in [-0.2, 0) is 11.3 Å². The van der Waals surface area contributed by atoms with E-state index in [0.29, 0.717) is 36.7 Å². The Balaban J connectivity index is 1.95. The summed E-state index contributed by atoms with van der Waals surface area (Å²) in [6.07, 6.45) is 3.11. The molecule has 7 nitrogen and oxygen atoms in total. The zero-order valence-electron chi connectivity index (χ0n) is 15.2. The fraction of sp³-hybridized carbons (Fsp3) is 0.316. The average Bonchev–Trinajstić information content (AvgIpc) is 2.67. The smallest absolute Gasteiger partial charge is 0.252 e. The SMILES string of the molecule is COc1ccc(CN(CCNC(=O)c2cccnc2)C(C)=O)cc1OC. The molecule has 0 spiro atoms. The number of aromatic nitrogens is 1. The van der Waals surface area contributed by atoms with Gasteiger partial charge in [0.1, 0.15) is 0 Å². The number of carbonyl (C=O) groups is 2. The summed E-state index contributed by atoms with van der Waals surface area (Å²) in [5.41, 5.74) is 1.40. The Morgan fingerprint density at radius 1 is 1.15 bits per heavy atom. The van der Waals surface area contributed by atoms with Crippen molar-refractivity contribution in [3.8, 4) is 11.5 Å². The first-order chi connectivity index (χ1) is 12.5. The number of pyridine rings is 1. The lowest BCUT2D eigenvalue weighted by atomic mass is 10.2. The molecule has 1 heterocycles. The van der Waals surface area contributed by atoms with Gasteiger partial charge in [-0.2, -0.15) is 0 Å². The summed E-state index contributed by atoms with van der Waals surface area (Å²) in [5.74, 6) is 0.955. The van der Waals surface area contributed by atoms with Crippen molar-refractivity contribution < 1.29 is 19.1 Å². The summed E-state index contributed by atoms with van der Waals surface area (Å²) in [6.45, 7) is 2.67. The van der Waals surface area contributed by atoms with Gasteiger partial charge in [-0.25, -0.2) is 0 Å². The number of benzene rings is 1. The van der Waals surface area contributed by atoms with Gasteiger partial charge in [0.25, 0.3) is 5.91 Å². The van der Waals surface area contributed by atoms with Gasteiger partial charge in [-0.05, 0) is 29.8 Å². The number of hydrogen-bond donors (Lipinski definition) is 1. The first-order valence-corrected chi connectivity index (χ1v) is 8.19. The molecule has 7 heteroatoms. The molecule has 1 aromatic heterocycles. The first-order valence-electron chi connectivity index (χ1n) is 8.19. The van der Waals surface area contributed by atoms with Gasteiger partial charge in [0.2, 0.25) is 5.91 Å². The molecule has 0 aliphatic heterocycles. The third-order valence-corrected chi connectivity index (χ3v) is 3.86. The number of carbonyl (C=O) groups excluding carboxylic acids is 2. The highest BCUT2D eigenvalue weighted by Gasteiger charge is 2.13. The van der Waals surface area contributed by atoms with Crippen LogP contribution in [0.1, 0.15) is 22.8 Å². The number of amides is 2. The Labute approximate surface area is 152 Å². The number of rotatable bonds is 8. The van der Waals surface area contributed by atoms with Crippen molar-refractivity contribution in [3.63, 3.8) is 0 Å². The average molecular weight is 357 g/mol. The van der Waals surface area contributed by atoms with Crippen molar-refractivity contribution >= 4 is 11.8 Å². The van der Waals surface area contributed by atoms with E-state index in [9.17, 15) is 9.59 Å². The molecular formula is C19H23N3O4. The number of methoxy groups -OCH3 is 2. The summed E-state index contributed by atoms with van der Waals surface area (Å²) < 4.78 is 10.5. The molecule has 0 fully saturated rings. The highest BCUT2D eigenvalue weighted by molar-refractivity contribution is 5.93. The maximum Gasteiger partial charge on any atom is 0.252 e. The second kappa shape index (κ2) is 9.41. The highest BCUT2D eigenvalue weighted by Crippen LogP contribution is 2.28. The molecule has 2 aromatic rings. The highest BCUT2D eigenvalue weighted by atomic mass is 16.5. The van der Waals surface area contributed by atoms with Crippen LogP contribution in [0, 0.1) is 0 Å². The van der Waals surface area contributed by atoms with Crippen molar-refractivity contribution in [2.75, 3.05) is 27.3 Å². The molecule has 26 heavy (non-hydrogen) atoms. The zero-order valence-corrected chi connectivity index (χ0v) is 15.2. The number of ether oxygens (including phenoxy) is 2. The summed E-state index contributed by atoms with van der Waals surface area (Å²) in [4.78, 5) is 29.5. The minimum absolute atomic E-state index is 0.0737. The molecule has 2 rings (SSSR count). The fourth-order valence-corrected chi connectivity index (χ4v) is 2.45. The van der Waals surface area contributed by atoms with Crippen molar-refractivity contribution in [1.82, 2.24) is 15.2 Å². The lowest BCUT2D eigenvalue weighted by Gasteiger charge is -2.22. The molecule has 0 aliphatic carbocycles. The first kappa shape index (κ1) is 19.2. The normalized spacial score (nSPS) is 10.1. The minimum atomic E-state index is -0.215. The van der Waals surface area contributed by atoms with Gasteiger partial charge in [-0.3, -0.25) is 14.6 Å². The van der Waals surface area contributed by atoms with Gasteiger partial charge in [0, 0.05) is 39.0 Å². The summed E-state index contributed by atoms with van der Waals surface area (Å²) in [5, 5.41) is 2.79. The quantitative estimate of drug-likeness (QED) is 0.780. The zero-order chi connectivity index (χ0) is 18.9. The molecule has 1 N–H and O–H groups in total. The van der Waals surface area contributed by atoms with E-state index in [1.807, 2.05) is 12.1 Å². The van der Waals surface area contributed by atoms with Gasteiger partial charge in [-0.1, -0.05) is 6.07 Å². The molecule has 0 unspecified atom stereocenters. The molecule has 0 atom stereocenters. The second-order valence-corrected chi connectivity index (χ2v) is 5.63. The maximum atomic E-state index is 12.0.